The summed E-state index contributed by atoms with van der Waals surface area (Å²) in [6.45, 7) is 2.60. The van der Waals surface area contributed by atoms with Gasteiger partial charge in [-0.15, -0.1) is 11.8 Å². The van der Waals surface area contributed by atoms with Gasteiger partial charge in [0.2, 0.25) is 11.8 Å². The van der Waals surface area contributed by atoms with Gasteiger partial charge in [-0.05, 0) is 31.9 Å². The Kier molecular flexibility index (Phi) is 7.11. The SMILES string of the molecule is Cc1ccc(SCC(=O)NNC(=O)CN2CCCCCC2=O)cc1. The van der Waals surface area contributed by atoms with Crippen molar-refractivity contribution < 1.29 is 14.4 Å². The van der Waals surface area contributed by atoms with Crippen molar-refractivity contribution in [2.45, 2.75) is 37.5 Å². The molecule has 7 heteroatoms. The zero-order valence-corrected chi connectivity index (χ0v) is 14.7. The Hall–Kier alpha value is -2.02. The average molecular weight is 349 g/mol. The second kappa shape index (κ2) is 9.32. The topological polar surface area (TPSA) is 78.5 Å². The summed E-state index contributed by atoms with van der Waals surface area (Å²) in [4.78, 5) is 38.0. The first-order chi connectivity index (χ1) is 11.5. The summed E-state index contributed by atoms with van der Waals surface area (Å²) in [5, 5.41) is 0. The molecule has 0 radical (unpaired) electrons. The lowest BCUT2D eigenvalue weighted by atomic mass is 10.2. The van der Waals surface area contributed by atoms with Gasteiger partial charge in [-0.1, -0.05) is 24.1 Å². The number of hydrazine groups is 1. The van der Waals surface area contributed by atoms with Gasteiger partial charge in [-0.25, -0.2) is 0 Å². The fraction of sp³-hybridized carbons (Fsp3) is 0.471. The van der Waals surface area contributed by atoms with Gasteiger partial charge in [0, 0.05) is 17.9 Å². The molecule has 0 unspecified atom stereocenters. The van der Waals surface area contributed by atoms with Crippen molar-refractivity contribution in [2.75, 3.05) is 18.8 Å². The Labute approximate surface area is 146 Å². The van der Waals surface area contributed by atoms with Crippen molar-refractivity contribution in [3.63, 3.8) is 0 Å². The first-order valence-electron chi connectivity index (χ1n) is 8.09. The minimum absolute atomic E-state index is 0.00361. The molecule has 0 bridgehead atoms. The molecule has 6 nitrogen and oxygen atoms in total. The Balaban J connectivity index is 1.67. The molecule has 0 aliphatic carbocycles. The average Bonchev–Trinajstić information content (AvgIpc) is 2.77. The smallest absolute Gasteiger partial charge is 0.257 e. The maximum absolute atomic E-state index is 11.9. The van der Waals surface area contributed by atoms with Gasteiger partial charge in [0.15, 0.2) is 0 Å². The molecule has 2 rings (SSSR count). The van der Waals surface area contributed by atoms with Crippen LogP contribution in [0.25, 0.3) is 0 Å². The Bertz CT molecular complexity index is 589. The lowest BCUT2D eigenvalue weighted by molar-refractivity contribution is -0.136. The molecular formula is C17H23N3O3S. The van der Waals surface area contributed by atoms with Gasteiger partial charge < -0.3 is 4.90 Å². The highest BCUT2D eigenvalue weighted by Gasteiger charge is 2.19. The molecule has 0 saturated carbocycles. The first kappa shape index (κ1) is 18.3. The van der Waals surface area contributed by atoms with Crippen LogP contribution in [0, 0.1) is 6.92 Å². The second-order valence-electron chi connectivity index (χ2n) is 5.82. The van der Waals surface area contributed by atoms with E-state index in [-0.39, 0.29) is 30.0 Å². The van der Waals surface area contributed by atoms with Crippen molar-refractivity contribution in [1.29, 1.82) is 0 Å². The molecule has 24 heavy (non-hydrogen) atoms. The van der Waals surface area contributed by atoms with E-state index in [4.69, 9.17) is 0 Å². The van der Waals surface area contributed by atoms with Crippen LogP contribution in [0.1, 0.15) is 31.2 Å². The second-order valence-corrected chi connectivity index (χ2v) is 6.87. The van der Waals surface area contributed by atoms with Crippen LogP contribution >= 0.6 is 11.8 Å². The molecule has 1 aliphatic heterocycles. The summed E-state index contributed by atoms with van der Waals surface area (Å²) >= 11 is 1.40. The number of aryl methyl sites for hydroxylation is 1. The van der Waals surface area contributed by atoms with E-state index in [0.29, 0.717) is 13.0 Å². The minimum atomic E-state index is -0.376. The van der Waals surface area contributed by atoms with Crippen LogP contribution in [0.15, 0.2) is 29.2 Å². The third kappa shape index (κ3) is 6.23. The molecule has 1 heterocycles. The molecule has 1 aliphatic rings. The summed E-state index contributed by atoms with van der Waals surface area (Å²) in [6.07, 6.45) is 3.30. The maximum atomic E-state index is 11.9. The van der Waals surface area contributed by atoms with E-state index in [1.165, 1.54) is 17.3 Å². The number of rotatable bonds is 5. The van der Waals surface area contributed by atoms with E-state index >= 15 is 0 Å². The monoisotopic (exact) mass is 349 g/mol. The third-order valence-corrected chi connectivity index (χ3v) is 4.75. The van der Waals surface area contributed by atoms with Crippen LogP contribution in [-0.4, -0.2) is 41.5 Å². The number of hydrogen-bond acceptors (Lipinski definition) is 4. The number of carbonyl (C=O) groups excluding carboxylic acids is 3. The lowest BCUT2D eigenvalue weighted by Gasteiger charge is -2.19. The predicted molar refractivity (Wildman–Crippen MR) is 93.2 cm³/mol. The highest BCUT2D eigenvalue weighted by molar-refractivity contribution is 8.00. The Morgan fingerprint density at radius 1 is 1.08 bits per heavy atom. The van der Waals surface area contributed by atoms with Crippen molar-refractivity contribution in [2.24, 2.45) is 0 Å². The molecule has 1 fully saturated rings. The first-order valence-corrected chi connectivity index (χ1v) is 9.08. The summed E-state index contributed by atoms with van der Waals surface area (Å²) in [5.74, 6) is -0.439. The van der Waals surface area contributed by atoms with Crippen molar-refractivity contribution in [3.8, 4) is 0 Å². The number of nitrogens with one attached hydrogen (secondary N) is 2. The Morgan fingerprint density at radius 3 is 2.54 bits per heavy atom. The van der Waals surface area contributed by atoms with E-state index in [9.17, 15) is 14.4 Å². The highest BCUT2D eigenvalue weighted by Crippen LogP contribution is 2.17. The van der Waals surface area contributed by atoms with Crippen LogP contribution in [-0.2, 0) is 14.4 Å². The number of hydrogen-bond donors (Lipinski definition) is 2. The van der Waals surface area contributed by atoms with Gasteiger partial charge in [0.25, 0.3) is 5.91 Å². The number of benzene rings is 1. The van der Waals surface area contributed by atoms with Gasteiger partial charge >= 0.3 is 0 Å². The molecule has 3 amide bonds. The van der Waals surface area contributed by atoms with E-state index in [1.807, 2.05) is 31.2 Å². The molecule has 0 atom stereocenters. The van der Waals surface area contributed by atoms with E-state index in [2.05, 4.69) is 10.9 Å². The summed E-state index contributed by atoms with van der Waals surface area (Å²) in [5.41, 5.74) is 5.92. The summed E-state index contributed by atoms with van der Waals surface area (Å²) in [6, 6.07) is 7.88. The maximum Gasteiger partial charge on any atom is 0.257 e. The van der Waals surface area contributed by atoms with E-state index in [0.717, 1.165) is 24.2 Å². The van der Waals surface area contributed by atoms with Crippen molar-refractivity contribution in [3.05, 3.63) is 29.8 Å². The number of nitrogens with zero attached hydrogens (tertiary/aromatic N) is 1. The highest BCUT2D eigenvalue weighted by atomic mass is 32.2. The van der Waals surface area contributed by atoms with Crippen molar-refractivity contribution in [1.82, 2.24) is 15.8 Å². The molecule has 0 spiro atoms. The normalized spacial score (nSPS) is 14.9. The quantitative estimate of drug-likeness (QED) is 0.626. The van der Waals surface area contributed by atoms with Crippen molar-refractivity contribution >= 4 is 29.5 Å². The van der Waals surface area contributed by atoms with Crippen LogP contribution in [0.2, 0.25) is 0 Å². The van der Waals surface area contributed by atoms with Crippen LogP contribution in [0.5, 0.6) is 0 Å². The number of thioether (sulfide) groups is 1. The van der Waals surface area contributed by atoms with Crippen LogP contribution < -0.4 is 10.9 Å². The fourth-order valence-electron chi connectivity index (χ4n) is 2.38. The van der Waals surface area contributed by atoms with Gasteiger partial charge in [-0.3, -0.25) is 25.2 Å². The zero-order valence-electron chi connectivity index (χ0n) is 13.8. The van der Waals surface area contributed by atoms with E-state index < -0.39 is 0 Å². The summed E-state index contributed by atoms with van der Waals surface area (Å²) in [7, 11) is 0. The number of amides is 3. The predicted octanol–water partition coefficient (Wildman–Crippen LogP) is 1.64. The molecular weight excluding hydrogens is 326 g/mol. The van der Waals surface area contributed by atoms with E-state index in [1.54, 1.807) is 4.90 Å². The lowest BCUT2D eigenvalue weighted by Crippen LogP contribution is -2.48. The molecule has 1 saturated heterocycles. The standard InChI is InChI=1S/C17H23N3O3S/c1-13-6-8-14(9-7-13)24-12-16(22)19-18-15(21)11-20-10-4-2-3-5-17(20)23/h6-9H,2-5,10-12H2,1H3,(H,18,21)(H,19,22). The van der Waals surface area contributed by atoms with Gasteiger partial charge in [0.1, 0.15) is 6.54 Å². The molecule has 2 N–H and O–H groups in total. The fourth-order valence-corrected chi connectivity index (χ4v) is 3.08. The molecule has 0 aromatic heterocycles. The third-order valence-electron chi connectivity index (χ3n) is 3.74. The molecule has 1 aromatic rings. The molecule has 130 valence electrons. The van der Waals surface area contributed by atoms with Crippen LogP contribution in [0.4, 0.5) is 0 Å². The number of carbonyl (C=O) groups is 3. The number of likely N-dealkylation sites (tertiary alicyclic amines) is 1. The Morgan fingerprint density at radius 2 is 1.79 bits per heavy atom. The summed E-state index contributed by atoms with van der Waals surface area (Å²) < 4.78 is 0. The van der Waals surface area contributed by atoms with Gasteiger partial charge in [0.05, 0.1) is 5.75 Å². The zero-order chi connectivity index (χ0) is 17.4. The molecule has 1 aromatic carbocycles. The largest absolute Gasteiger partial charge is 0.333 e. The van der Waals surface area contributed by atoms with Gasteiger partial charge in [-0.2, -0.15) is 0 Å². The van der Waals surface area contributed by atoms with Crippen LogP contribution in [0.3, 0.4) is 0 Å². The minimum Gasteiger partial charge on any atom is -0.333 e.